The van der Waals surface area contributed by atoms with Crippen molar-refractivity contribution >= 4 is 34.6 Å². The fourth-order valence-electron chi connectivity index (χ4n) is 2.31. The van der Waals surface area contributed by atoms with E-state index < -0.39 is 18.0 Å². The number of ether oxygens (including phenoxy) is 2. The molecule has 2 rings (SSSR count). The van der Waals surface area contributed by atoms with E-state index >= 15 is 0 Å². The van der Waals surface area contributed by atoms with E-state index in [1.165, 1.54) is 29.9 Å². The van der Waals surface area contributed by atoms with Crippen molar-refractivity contribution in [3.05, 3.63) is 34.1 Å². The Hall–Kier alpha value is -2.39. The molecule has 0 saturated heterocycles. The molecule has 0 fully saturated rings. The summed E-state index contributed by atoms with van der Waals surface area (Å²) in [6.45, 7) is 3.55. The first-order valence-electron chi connectivity index (χ1n) is 7.96. The van der Waals surface area contributed by atoms with Crippen molar-refractivity contribution in [2.45, 2.75) is 31.7 Å². The summed E-state index contributed by atoms with van der Waals surface area (Å²) in [7, 11) is 1.27. The summed E-state index contributed by atoms with van der Waals surface area (Å²) in [5.41, 5.74) is 0.214. The second-order valence-corrected chi connectivity index (χ2v) is 6.42. The van der Waals surface area contributed by atoms with Crippen LogP contribution in [0.25, 0.3) is 10.9 Å². The molecule has 1 aromatic heterocycles. The number of nitrogens with zero attached hydrogens (tertiary/aromatic N) is 2. The van der Waals surface area contributed by atoms with Crippen LogP contribution in [0.15, 0.2) is 28.2 Å². The van der Waals surface area contributed by atoms with Crippen LogP contribution in [0.5, 0.6) is 0 Å². The Morgan fingerprint density at radius 3 is 2.73 bits per heavy atom. The first-order chi connectivity index (χ1) is 12.4. The average Bonchev–Trinajstić information content (AvgIpc) is 2.61. The minimum absolute atomic E-state index is 0.0255. The van der Waals surface area contributed by atoms with E-state index in [2.05, 4.69) is 9.72 Å². The molecule has 0 bridgehead atoms. The van der Waals surface area contributed by atoms with Gasteiger partial charge in [-0.05, 0) is 32.0 Å². The molecule has 0 aliphatic carbocycles. The largest absolute Gasteiger partial charge is 0.465 e. The molecule has 1 heterocycles. The summed E-state index contributed by atoms with van der Waals surface area (Å²) in [6.07, 6.45) is -0.775. The number of carbonyl (C=O) groups is 2. The lowest BCUT2D eigenvalue weighted by Crippen LogP contribution is -2.28. The summed E-state index contributed by atoms with van der Waals surface area (Å²) in [4.78, 5) is 40.5. The van der Waals surface area contributed by atoms with E-state index in [9.17, 15) is 19.5 Å². The highest BCUT2D eigenvalue weighted by Crippen LogP contribution is 2.20. The molecule has 0 amide bonds. The first-order valence-corrected chi connectivity index (χ1v) is 8.95. The van der Waals surface area contributed by atoms with Gasteiger partial charge in [0.2, 0.25) is 0 Å². The van der Waals surface area contributed by atoms with Crippen molar-refractivity contribution in [2.75, 3.05) is 19.5 Å². The molecular weight excluding hydrogens is 360 g/mol. The third-order valence-electron chi connectivity index (χ3n) is 3.41. The van der Waals surface area contributed by atoms with Crippen LogP contribution in [-0.4, -0.2) is 52.2 Å². The third-order valence-corrected chi connectivity index (χ3v) is 4.36. The van der Waals surface area contributed by atoms with E-state index in [1.54, 1.807) is 13.8 Å². The summed E-state index contributed by atoms with van der Waals surface area (Å²) in [5.74, 6) is -0.996. The smallest absolute Gasteiger partial charge is 0.337 e. The summed E-state index contributed by atoms with van der Waals surface area (Å²) in [5, 5.41) is 10.3. The number of aliphatic hydroxyl groups excluding tert-OH is 1. The van der Waals surface area contributed by atoms with Gasteiger partial charge < -0.3 is 14.6 Å². The maximum atomic E-state index is 12.8. The van der Waals surface area contributed by atoms with Crippen LogP contribution in [-0.2, 0) is 20.8 Å². The summed E-state index contributed by atoms with van der Waals surface area (Å²) >= 11 is 1.04. The predicted molar refractivity (Wildman–Crippen MR) is 96.4 cm³/mol. The Morgan fingerprint density at radius 2 is 2.12 bits per heavy atom. The van der Waals surface area contributed by atoms with Crippen molar-refractivity contribution in [3.8, 4) is 0 Å². The van der Waals surface area contributed by atoms with Gasteiger partial charge in [-0.15, -0.1) is 0 Å². The Labute approximate surface area is 154 Å². The number of hydrogen-bond acceptors (Lipinski definition) is 8. The highest BCUT2D eigenvalue weighted by Gasteiger charge is 2.16. The number of rotatable bonds is 7. The van der Waals surface area contributed by atoms with Gasteiger partial charge in [-0.2, -0.15) is 0 Å². The van der Waals surface area contributed by atoms with E-state index in [1.807, 2.05) is 0 Å². The fraction of sp³-hybridized carbons (Fsp3) is 0.412. The van der Waals surface area contributed by atoms with Gasteiger partial charge >= 0.3 is 11.9 Å². The highest BCUT2D eigenvalue weighted by molar-refractivity contribution is 7.99. The van der Waals surface area contributed by atoms with Crippen molar-refractivity contribution < 1.29 is 24.2 Å². The lowest BCUT2D eigenvalue weighted by molar-refractivity contribution is -0.139. The van der Waals surface area contributed by atoms with Crippen molar-refractivity contribution in [3.63, 3.8) is 0 Å². The zero-order valence-corrected chi connectivity index (χ0v) is 15.5. The van der Waals surface area contributed by atoms with Gasteiger partial charge in [-0.25, -0.2) is 9.78 Å². The number of methoxy groups -OCH3 is 1. The topological polar surface area (TPSA) is 108 Å². The SMILES string of the molecule is CCOC(=O)CSc1nc2cc(C(=O)OC)ccc2c(=O)n1C[C@@H](C)O. The van der Waals surface area contributed by atoms with E-state index in [0.717, 1.165) is 11.8 Å². The third kappa shape index (κ3) is 4.61. The maximum absolute atomic E-state index is 12.8. The number of fused-ring (bicyclic) bond motifs is 1. The lowest BCUT2D eigenvalue weighted by atomic mass is 10.1. The van der Waals surface area contributed by atoms with Gasteiger partial charge in [-0.1, -0.05) is 11.8 Å². The Bertz CT molecular complexity index is 877. The van der Waals surface area contributed by atoms with Crippen molar-refractivity contribution in [1.82, 2.24) is 9.55 Å². The highest BCUT2D eigenvalue weighted by atomic mass is 32.2. The molecule has 0 aliphatic heterocycles. The molecule has 26 heavy (non-hydrogen) atoms. The molecule has 9 heteroatoms. The van der Waals surface area contributed by atoms with Crippen LogP contribution < -0.4 is 5.56 Å². The molecule has 0 saturated carbocycles. The normalized spacial score (nSPS) is 12.0. The zero-order valence-electron chi connectivity index (χ0n) is 14.7. The van der Waals surface area contributed by atoms with Gasteiger partial charge in [-0.3, -0.25) is 14.2 Å². The van der Waals surface area contributed by atoms with Crippen LogP contribution in [0.4, 0.5) is 0 Å². The monoisotopic (exact) mass is 380 g/mol. The average molecular weight is 380 g/mol. The number of esters is 2. The van der Waals surface area contributed by atoms with Crippen LogP contribution in [0.1, 0.15) is 24.2 Å². The van der Waals surface area contributed by atoms with Crippen LogP contribution in [0.3, 0.4) is 0 Å². The molecular formula is C17H20N2O6S. The van der Waals surface area contributed by atoms with Gasteiger partial charge in [0.1, 0.15) is 0 Å². The van der Waals surface area contributed by atoms with Gasteiger partial charge in [0, 0.05) is 0 Å². The molecule has 1 N–H and O–H groups in total. The van der Waals surface area contributed by atoms with Gasteiger partial charge in [0.15, 0.2) is 5.16 Å². The quantitative estimate of drug-likeness (QED) is 0.434. The van der Waals surface area contributed by atoms with Gasteiger partial charge in [0.25, 0.3) is 5.56 Å². The predicted octanol–water partition coefficient (Wildman–Crippen LogP) is 1.22. The van der Waals surface area contributed by atoms with Crippen molar-refractivity contribution in [1.29, 1.82) is 0 Å². The first kappa shape index (κ1) is 19.9. The van der Waals surface area contributed by atoms with Crippen LogP contribution >= 0.6 is 11.8 Å². The fourth-order valence-corrected chi connectivity index (χ4v) is 3.11. The number of hydrogen-bond donors (Lipinski definition) is 1. The number of aliphatic hydroxyl groups is 1. The Kier molecular flexibility index (Phi) is 6.76. The molecule has 0 aliphatic rings. The lowest BCUT2D eigenvalue weighted by Gasteiger charge is -2.14. The molecule has 1 atom stereocenters. The maximum Gasteiger partial charge on any atom is 0.337 e. The number of thioether (sulfide) groups is 1. The summed E-state index contributed by atoms with van der Waals surface area (Å²) < 4.78 is 10.9. The van der Waals surface area contributed by atoms with E-state index in [-0.39, 0.29) is 35.2 Å². The van der Waals surface area contributed by atoms with Crippen molar-refractivity contribution in [2.24, 2.45) is 0 Å². The molecule has 0 spiro atoms. The second kappa shape index (κ2) is 8.81. The number of benzene rings is 1. The Balaban J connectivity index is 2.52. The summed E-state index contributed by atoms with van der Waals surface area (Å²) in [6, 6.07) is 4.44. The molecule has 0 unspecified atom stereocenters. The number of aromatic nitrogens is 2. The van der Waals surface area contributed by atoms with Gasteiger partial charge in [0.05, 0.1) is 48.6 Å². The minimum Gasteiger partial charge on any atom is -0.465 e. The molecule has 8 nitrogen and oxygen atoms in total. The minimum atomic E-state index is -0.775. The molecule has 1 aromatic carbocycles. The molecule has 0 radical (unpaired) electrons. The molecule has 140 valence electrons. The Morgan fingerprint density at radius 1 is 1.38 bits per heavy atom. The standard InChI is InChI=1S/C17H20N2O6S/c1-4-25-14(21)9-26-17-18-13-7-11(16(23)24-3)5-6-12(13)15(22)19(17)8-10(2)20/h5-7,10,20H,4,8-9H2,1-3H3/t10-/m1/s1. The molecule has 2 aromatic rings. The van der Waals surface area contributed by atoms with Crippen LogP contribution in [0.2, 0.25) is 0 Å². The van der Waals surface area contributed by atoms with E-state index in [0.29, 0.717) is 10.9 Å². The number of carbonyl (C=O) groups excluding carboxylic acids is 2. The van der Waals surface area contributed by atoms with E-state index in [4.69, 9.17) is 4.74 Å². The van der Waals surface area contributed by atoms with Crippen LogP contribution in [0, 0.1) is 0 Å². The second-order valence-electron chi connectivity index (χ2n) is 5.48. The zero-order chi connectivity index (χ0) is 19.3.